The van der Waals surface area contributed by atoms with Gasteiger partial charge in [-0.2, -0.15) is 4.98 Å². The number of hydrogen-bond acceptors (Lipinski definition) is 8. The Balaban J connectivity index is 1.72. The zero-order valence-electron chi connectivity index (χ0n) is 14.4. The first-order valence-corrected chi connectivity index (χ1v) is 9.05. The third-order valence-corrected chi connectivity index (χ3v) is 4.70. The average molecular weight is 412 g/mol. The molecule has 142 valence electrons. The normalized spacial score (nSPS) is 22.4. The second-order valence-electron chi connectivity index (χ2n) is 6.08. The van der Waals surface area contributed by atoms with Crippen molar-refractivity contribution in [3.8, 4) is 0 Å². The predicted molar refractivity (Wildman–Crippen MR) is 94.3 cm³/mol. The van der Waals surface area contributed by atoms with Crippen LogP contribution in [0.1, 0.15) is 44.1 Å². The van der Waals surface area contributed by atoms with Crippen molar-refractivity contribution in [2.24, 2.45) is 0 Å². The summed E-state index contributed by atoms with van der Waals surface area (Å²) in [6, 6.07) is 1.83. The maximum atomic E-state index is 11.6. The van der Waals surface area contributed by atoms with Crippen molar-refractivity contribution in [1.29, 1.82) is 0 Å². The van der Waals surface area contributed by atoms with Crippen molar-refractivity contribution in [1.82, 2.24) is 24.7 Å². The minimum atomic E-state index is -0.680. The van der Waals surface area contributed by atoms with Gasteiger partial charge in [-0.1, -0.05) is 23.7 Å². The van der Waals surface area contributed by atoms with E-state index in [9.17, 15) is 4.79 Å². The lowest BCUT2D eigenvalue weighted by Gasteiger charge is -2.19. The van der Waals surface area contributed by atoms with Crippen LogP contribution in [0.4, 0.5) is 0 Å². The Bertz CT molecular complexity index is 1000. The van der Waals surface area contributed by atoms with Crippen molar-refractivity contribution in [3.05, 3.63) is 34.3 Å². The van der Waals surface area contributed by atoms with Crippen LogP contribution in [-0.4, -0.2) is 36.7 Å². The molecule has 0 amide bonds. The summed E-state index contributed by atoms with van der Waals surface area (Å²) in [6.07, 6.45) is 0.955. The average Bonchev–Trinajstić information content (AvgIpc) is 3.31. The molecule has 1 fully saturated rings. The molecule has 0 bridgehead atoms. The zero-order chi connectivity index (χ0) is 19.1. The summed E-state index contributed by atoms with van der Waals surface area (Å²) in [5, 5.41) is 4.10. The van der Waals surface area contributed by atoms with Gasteiger partial charge in [-0.15, -0.1) is 0 Å². The molecule has 1 saturated heterocycles. The van der Waals surface area contributed by atoms with E-state index in [4.69, 9.17) is 37.2 Å². The van der Waals surface area contributed by atoms with E-state index in [2.05, 4.69) is 20.1 Å². The monoisotopic (exact) mass is 411 g/mol. The van der Waals surface area contributed by atoms with Gasteiger partial charge in [0.2, 0.25) is 5.28 Å². The molecular weight excluding hydrogens is 397 g/mol. The van der Waals surface area contributed by atoms with Crippen LogP contribution in [0.25, 0.3) is 11.2 Å². The van der Waals surface area contributed by atoms with E-state index in [-0.39, 0.29) is 10.4 Å². The lowest BCUT2D eigenvalue weighted by molar-refractivity contribution is -0.152. The van der Waals surface area contributed by atoms with Crippen LogP contribution in [-0.2, 0) is 20.7 Å². The minimum absolute atomic E-state index is 0.0179. The number of aryl methyl sites for hydroxylation is 1. The summed E-state index contributed by atoms with van der Waals surface area (Å²) in [6.45, 7) is 3.32. The van der Waals surface area contributed by atoms with Crippen LogP contribution in [0.2, 0.25) is 10.4 Å². The molecule has 27 heavy (non-hydrogen) atoms. The first-order valence-electron chi connectivity index (χ1n) is 8.30. The highest BCUT2D eigenvalue weighted by molar-refractivity contribution is 6.35. The van der Waals surface area contributed by atoms with E-state index in [0.29, 0.717) is 23.3 Å². The van der Waals surface area contributed by atoms with Gasteiger partial charge < -0.3 is 14.0 Å². The Morgan fingerprint density at radius 2 is 2.22 bits per heavy atom. The Hall–Kier alpha value is -2.23. The van der Waals surface area contributed by atoms with Crippen molar-refractivity contribution >= 4 is 40.3 Å². The van der Waals surface area contributed by atoms with E-state index in [1.54, 1.807) is 4.57 Å². The summed E-state index contributed by atoms with van der Waals surface area (Å²) in [5.74, 6) is 0.151. The molecule has 11 heteroatoms. The number of carbonyl (C=O) groups excluding carboxylic acids is 1. The molecule has 0 N–H and O–H groups in total. The highest BCUT2D eigenvalue weighted by Gasteiger charge is 2.42. The van der Waals surface area contributed by atoms with Gasteiger partial charge in [-0.3, -0.25) is 9.36 Å². The highest BCUT2D eigenvalue weighted by Crippen LogP contribution is 2.41. The van der Waals surface area contributed by atoms with Crippen LogP contribution in [0.15, 0.2) is 16.9 Å². The first kappa shape index (κ1) is 18.1. The number of halogens is 2. The molecule has 4 rings (SSSR count). The van der Waals surface area contributed by atoms with Crippen LogP contribution in [0.5, 0.6) is 0 Å². The number of esters is 1. The SMILES string of the molecule is CCc1cc([C@@H]2C[C@@H](OC(C)=O)[C@H](n3cnc4c(Cl)nc(Cl)nc43)O2)on1. The first-order chi connectivity index (χ1) is 13.0. The van der Waals surface area contributed by atoms with Gasteiger partial charge >= 0.3 is 5.97 Å². The van der Waals surface area contributed by atoms with E-state index >= 15 is 0 Å². The van der Waals surface area contributed by atoms with Gasteiger partial charge in [0.15, 0.2) is 22.8 Å². The molecule has 0 radical (unpaired) electrons. The molecule has 9 nitrogen and oxygen atoms in total. The van der Waals surface area contributed by atoms with Gasteiger partial charge in [-0.25, -0.2) is 9.97 Å². The topological polar surface area (TPSA) is 105 Å². The summed E-state index contributed by atoms with van der Waals surface area (Å²) in [4.78, 5) is 23.9. The Morgan fingerprint density at radius 1 is 1.41 bits per heavy atom. The van der Waals surface area contributed by atoms with Crippen molar-refractivity contribution in [3.63, 3.8) is 0 Å². The fraction of sp³-hybridized carbons (Fsp3) is 0.438. The molecule has 4 heterocycles. The van der Waals surface area contributed by atoms with Gasteiger partial charge in [0.25, 0.3) is 0 Å². The molecule has 0 aliphatic carbocycles. The maximum absolute atomic E-state index is 11.6. The molecule has 0 aromatic carbocycles. The molecule has 1 aliphatic heterocycles. The molecule has 3 atom stereocenters. The van der Waals surface area contributed by atoms with Crippen molar-refractivity contribution in [2.75, 3.05) is 0 Å². The van der Waals surface area contributed by atoms with Gasteiger partial charge in [0.1, 0.15) is 17.7 Å². The van der Waals surface area contributed by atoms with Crippen molar-refractivity contribution < 1.29 is 18.8 Å². The number of hydrogen-bond donors (Lipinski definition) is 0. The standard InChI is InChI=1S/C16H15Cl2N5O4/c1-3-8-4-10(27-22-8)9-5-11(25-7(2)24)15(26-9)23-6-19-12-13(17)20-16(18)21-14(12)23/h4,6,9,11,15H,3,5H2,1-2H3/t9-,11+,15+/m0/s1. The number of imidazole rings is 1. The largest absolute Gasteiger partial charge is 0.458 e. The number of ether oxygens (including phenoxy) is 2. The van der Waals surface area contributed by atoms with Gasteiger partial charge in [0, 0.05) is 19.4 Å². The van der Waals surface area contributed by atoms with Crippen molar-refractivity contribution in [2.45, 2.75) is 45.1 Å². The van der Waals surface area contributed by atoms with E-state index < -0.39 is 24.4 Å². The lowest BCUT2D eigenvalue weighted by Crippen LogP contribution is -2.24. The Morgan fingerprint density at radius 3 is 2.93 bits per heavy atom. The fourth-order valence-corrected chi connectivity index (χ4v) is 3.50. The third kappa shape index (κ3) is 3.38. The summed E-state index contributed by atoms with van der Waals surface area (Å²) < 4.78 is 18.6. The number of rotatable bonds is 4. The number of aromatic nitrogens is 5. The molecule has 0 unspecified atom stereocenters. The molecule has 0 spiro atoms. The molecule has 3 aromatic heterocycles. The van der Waals surface area contributed by atoms with E-state index in [1.807, 2.05) is 13.0 Å². The second kappa shape index (κ2) is 7.06. The minimum Gasteiger partial charge on any atom is -0.458 e. The second-order valence-corrected chi connectivity index (χ2v) is 6.78. The van der Waals surface area contributed by atoms with Crippen LogP contribution < -0.4 is 0 Å². The number of carbonyl (C=O) groups is 1. The molecule has 3 aromatic rings. The van der Waals surface area contributed by atoms with Crippen LogP contribution in [0.3, 0.4) is 0 Å². The maximum Gasteiger partial charge on any atom is 0.303 e. The fourth-order valence-electron chi connectivity index (χ4n) is 3.08. The lowest BCUT2D eigenvalue weighted by atomic mass is 10.1. The number of fused-ring (bicyclic) bond motifs is 1. The summed E-state index contributed by atoms with van der Waals surface area (Å²) >= 11 is 12.0. The summed E-state index contributed by atoms with van der Waals surface area (Å²) in [5.41, 5.74) is 1.58. The van der Waals surface area contributed by atoms with Gasteiger partial charge in [-0.05, 0) is 18.0 Å². The Kier molecular flexibility index (Phi) is 4.75. The summed E-state index contributed by atoms with van der Waals surface area (Å²) in [7, 11) is 0. The predicted octanol–water partition coefficient (Wildman–Crippen LogP) is 3.28. The Labute approximate surface area is 163 Å². The quantitative estimate of drug-likeness (QED) is 0.365. The molecular formula is C16H15Cl2N5O4. The van der Waals surface area contributed by atoms with E-state index in [0.717, 1.165) is 12.1 Å². The highest BCUT2D eigenvalue weighted by atomic mass is 35.5. The van der Waals surface area contributed by atoms with E-state index in [1.165, 1.54) is 13.3 Å². The smallest absolute Gasteiger partial charge is 0.303 e. The van der Waals surface area contributed by atoms with Gasteiger partial charge in [0.05, 0.1) is 12.0 Å². The van der Waals surface area contributed by atoms with Crippen LogP contribution in [0, 0.1) is 0 Å². The number of nitrogens with zero attached hydrogens (tertiary/aromatic N) is 5. The molecule has 0 saturated carbocycles. The zero-order valence-corrected chi connectivity index (χ0v) is 15.9. The third-order valence-electron chi connectivity index (χ3n) is 4.27. The van der Waals surface area contributed by atoms with Crippen LogP contribution >= 0.6 is 23.2 Å². The molecule has 1 aliphatic rings.